The number of nitrogens with one attached hydrogen (secondary N) is 1. The van der Waals surface area contributed by atoms with Crippen molar-refractivity contribution in [3.8, 4) is 0 Å². The summed E-state index contributed by atoms with van der Waals surface area (Å²) in [6, 6.07) is 11.2. The molecule has 1 amide bonds. The molecule has 7 nitrogen and oxygen atoms in total. The van der Waals surface area contributed by atoms with Gasteiger partial charge >= 0.3 is 0 Å². The predicted octanol–water partition coefficient (Wildman–Crippen LogP) is 2.13. The Kier molecular flexibility index (Phi) is 5.74. The molecule has 0 bridgehead atoms. The molecule has 0 saturated carbocycles. The van der Waals surface area contributed by atoms with Crippen LogP contribution in [0, 0.1) is 0 Å². The molecule has 1 aromatic carbocycles. The molecule has 144 valence electrons. The van der Waals surface area contributed by atoms with Crippen LogP contribution in [0.5, 0.6) is 0 Å². The van der Waals surface area contributed by atoms with Crippen molar-refractivity contribution in [3.63, 3.8) is 0 Å². The van der Waals surface area contributed by atoms with E-state index in [1.54, 1.807) is 11.0 Å². The smallest absolute Gasteiger partial charge is 0.273 e. The molecule has 1 aliphatic rings. The predicted molar refractivity (Wildman–Crippen MR) is 104 cm³/mol. The molecule has 2 heterocycles. The average molecular weight is 388 g/mol. The van der Waals surface area contributed by atoms with E-state index < -0.39 is 9.84 Å². The van der Waals surface area contributed by atoms with Gasteiger partial charge in [0.05, 0.1) is 11.5 Å². The van der Waals surface area contributed by atoms with Crippen molar-refractivity contribution in [2.75, 3.05) is 16.8 Å². The van der Waals surface area contributed by atoms with Gasteiger partial charge in [0.1, 0.15) is 17.8 Å². The van der Waals surface area contributed by atoms with Gasteiger partial charge in [-0.3, -0.25) is 4.79 Å². The van der Waals surface area contributed by atoms with E-state index in [9.17, 15) is 13.2 Å². The van der Waals surface area contributed by atoms with E-state index in [-0.39, 0.29) is 35.2 Å². The summed E-state index contributed by atoms with van der Waals surface area (Å²) in [5.74, 6) is 0.559. The standard InChI is InChI=1S/C19H24N4O3S/c1-14(2)23(11-15-6-4-3-5-7-15)19(24)17-10-18(21-13-20-17)22-16-8-9-27(25,26)12-16/h3-7,10,13-14,16H,8-9,11-12H2,1-2H3,(H,20,21,22). The van der Waals surface area contributed by atoms with E-state index in [2.05, 4.69) is 15.3 Å². The molecule has 1 aromatic heterocycles. The fraction of sp³-hybridized carbons (Fsp3) is 0.421. The van der Waals surface area contributed by atoms with Crippen LogP contribution < -0.4 is 5.32 Å². The highest BCUT2D eigenvalue weighted by atomic mass is 32.2. The van der Waals surface area contributed by atoms with Gasteiger partial charge < -0.3 is 10.2 Å². The van der Waals surface area contributed by atoms with Gasteiger partial charge in [-0.2, -0.15) is 0 Å². The summed E-state index contributed by atoms with van der Waals surface area (Å²) in [4.78, 5) is 23.0. The molecule has 0 spiro atoms. The minimum Gasteiger partial charge on any atom is -0.366 e. The summed E-state index contributed by atoms with van der Waals surface area (Å²) < 4.78 is 23.2. The lowest BCUT2D eigenvalue weighted by Crippen LogP contribution is -2.37. The highest BCUT2D eigenvalue weighted by Gasteiger charge is 2.28. The van der Waals surface area contributed by atoms with E-state index >= 15 is 0 Å². The number of hydrogen-bond acceptors (Lipinski definition) is 6. The quantitative estimate of drug-likeness (QED) is 0.815. The minimum absolute atomic E-state index is 0.00376. The average Bonchev–Trinajstić information content (AvgIpc) is 2.98. The van der Waals surface area contributed by atoms with Crippen molar-refractivity contribution >= 4 is 21.6 Å². The first-order valence-corrected chi connectivity index (χ1v) is 10.8. The number of benzene rings is 1. The molecular formula is C19H24N4O3S. The normalized spacial score (nSPS) is 18.4. The topological polar surface area (TPSA) is 92.3 Å². The first kappa shape index (κ1) is 19.3. The Labute approximate surface area is 159 Å². The zero-order valence-corrected chi connectivity index (χ0v) is 16.3. The van der Waals surface area contributed by atoms with Crippen LogP contribution in [0.15, 0.2) is 42.7 Å². The summed E-state index contributed by atoms with van der Waals surface area (Å²) in [5, 5.41) is 3.11. The molecule has 2 aromatic rings. The Hall–Kier alpha value is -2.48. The number of aromatic nitrogens is 2. The molecule has 1 atom stereocenters. The lowest BCUT2D eigenvalue weighted by molar-refractivity contribution is 0.0684. The van der Waals surface area contributed by atoms with Crippen molar-refractivity contribution in [2.24, 2.45) is 0 Å². The van der Waals surface area contributed by atoms with Gasteiger partial charge in [-0.15, -0.1) is 0 Å². The third-order valence-corrected chi connectivity index (χ3v) is 6.32. The number of amides is 1. The van der Waals surface area contributed by atoms with Crippen molar-refractivity contribution in [1.29, 1.82) is 0 Å². The number of carbonyl (C=O) groups excluding carboxylic acids is 1. The maximum absolute atomic E-state index is 13.0. The van der Waals surface area contributed by atoms with Crippen molar-refractivity contribution in [3.05, 3.63) is 54.0 Å². The van der Waals surface area contributed by atoms with E-state index in [0.29, 0.717) is 18.8 Å². The third kappa shape index (κ3) is 5.03. The van der Waals surface area contributed by atoms with E-state index in [1.165, 1.54) is 6.33 Å². The van der Waals surface area contributed by atoms with Gasteiger partial charge in [0.15, 0.2) is 9.84 Å². The maximum Gasteiger partial charge on any atom is 0.273 e. The second kappa shape index (κ2) is 8.04. The van der Waals surface area contributed by atoms with Crippen LogP contribution in [0.2, 0.25) is 0 Å². The van der Waals surface area contributed by atoms with Gasteiger partial charge in [-0.25, -0.2) is 18.4 Å². The summed E-state index contributed by atoms with van der Waals surface area (Å²) in [7, 11) is -2.98. The van der Waals surface area contributed by atoms with E-state index in [4.69, 9.17) is 0 Å². The lowest BCUT2D eigenvalue weighted by Gasteiger charge is -2.26. The highest BCUT2D eigenvalue weighted by Crippen LogP contribution is 2.18. The van der Waals surface area contributed by atoms with Crippen LogP contribution in [-0.2, 0) is 16.4 Å². The van der Waals surface area contributed by atoms with E-state index in [0.717, 1.165) is 5.56 Å². The van der Waals surface area contributed by atoms with Crippen molar-refractivity contribution < 1.29 is 13.2 Å². The van der Waals surface area contributed by atoms with Crippen LogP contribution in [-0.4, -0.2) is 52.8 Å². The largest absolute Gasteiger partial charge is 0.366 e. The molecular weight excluding hydrogens is 364 g/mol. The second-order valence-electron chi connectivity index (χ2n) is 7.05. The summed E-state index contributed by atoms with van der Waals surface area (Å²) in [6.07, 6.45) is 1.88. The van der Waals surface area contributed by atoms with Gasteiger partial charge in [0.25, 0.3) is 5.91 Å². The zero-order chi connectivity index (χ0) is 19.4. The lowest BCUT2D eigenvalue weighted by atomic mass is 10.1. The van der Waals surface area contributed by atoms with Gasteiger partial charge in [-0.05, 0) is 25.8 Å². The zero-order valence-electron chi connectivity index (χ0n) is 15.5. The van der Waals surface area contributed by atoms with Crippen LogP contribution in [0.3, 0.4) is 0 Å². The molecule has 1 fully saturated rings. The Morgan fingerprint density at radius 3 is 2.63 bits per heavy atom. The Balaban J connectivity index is 1.75. The number of anilines is 1. The monoisotopic (exact) mass is 388 g/mol. The summed E-state index contributed by atoms with van der Waals surface area (Å²) in [6.45, 7) is 4.42. The Morgan fingerprint density at radius 1 is 1.26 bits per heavy atom. The SMILES string of the molecule is CC(C)N(Cc1ccccc1)C(=O)c1cc(NC2CCS(=O)(=O)C2)ncn1. The fourth-order valence-corrected chi connectivity index (χ4v) is 4.76. The molecule has 1 saturated heterocycles. The van der Waals surface area contributed by atoms with Crippen molar-refractivity contribution in [2.45, 2.75) is 38.9 Å². The first-order chi connectivity index (χ1) is 12.8. The van der Waals surface area contributed by atoms with Crippen molar-refractivity contribution in [1.82, 2.24) is 14.9 Å². The van der Waals surface area contributed by atoms with Gasteiger partial charge in [0, 0.05) is 24.7 Å². The third-order valence-electron chi connectivity index (χ3n) is 4.55. The van der Waals surface area contributed by atoms with Crippen LogP contribution in [0.25, 0.3) is 0 Å². The molecule has 27 heavy (non-hydrogen) atoms. The van der Waals surface area contributed by atoms with Crippen LogP contribution in [0.4, 0.5) is 5.82 Å². The molecule has 1 aliphatic heterocycles. The van der Waals surface area contributed by atoms with Crippen LogP contribution >= 0.6 is 0 Å². The number of hydrogen-bond donors (Lipinski definition) is 1. The molecule has 1 unspecified atom stereocenters. The number of rotatable bonds is 6. The summed E-state index contributed by atoms with van der Waals surface area (Å²) >= 11 is 0. The molecule has 0 radical (unpaired) electrons. The van der Waals surface area contributed by atoms with Gasteiger partial charge in [-0.1, -0.05) is 30.3 Å². The first-order valence-electron chi connectivity index (χ1n) is 8.98. The number of nitrogens with zero attached hydrogens (tertiary/aromatic N) is 3. The number of sulfone groups is 1. The molecule has 8 heteroatoms. The Morgan fingerprint density at radius 2 is 2.00 bits per heavy atom. The number of carbonyl (C=O) groups is 1. The minimum atomic E-state index is -2.98. The highest BCUT2D eigenvalue weighted by molar-refractivity contribution is 7.91. The summed E-state index contributed by atoms with van der Waals surface area (Å²) in [5.41, 5.74) is 1.33. The molecule has 1 N–H and O–H groups in total. The van der Waals surface area contributed by atoms with Crippen LogP contribution in [0.1, 0.15) is 36.3 Å². The van der Waals surface area contributed by atoms with E-state index in [1.807, 2.05) is 44.2 Å². The maximum atomic E-state index is 13.0. The molecule has 3 rings (SSSR count). The second-order valence-corrected chi connectivity index (χ2v) is 9.27. The van der Waals surface area contributed by atoms with Gasteiger partial charge in [0.2, 0.25) is 0 Å². The molecule has 0 aliphatic carbocycles. The fourth-order valence-electron chi connectivity index (χ4n) is 3.09. The Bertz CT molecular complexity index is 900.